The van der Waals surface area contributed by atoms with E-state index >= 15 is 0 Å². The van der Waals surface area contributed by atoms with Crippen LogP contribution in [0.15, 0.2) is 18.2 Å². The summed E-state index contributed by atoms with van der Waals surface area (Å²) in [5.74, 6) is 1.08. The van der Waals surface area contributed by atoms with E-state index in [0.29, 0.717) is 18.3 Å². The van der Waals surface area contributed by atoms with Crippen molar-refractivity contribution in [2.75, 3.05) is 7.11 Å². The number of hydrogen-bond acceptors (Lipinski definition) is 3. The van der Waals surface area contributed by atoms with Crippen LogP contribution in [-0.2, 0) is 6.54 Å². The van der Waals surface area contributed by atoms with Gasteiger partial charge in [0.15, 0.2) is 0 Å². The molecule has 0 aliphatic rings. The minimum absolute atomic E-state index is 0.212. The van der Waals surface area contributed by atoms with Gasteiger partial charge in [0.05, 0.1) is 7.11 Å². The van der Waals surface area contributed by atoms with Crippen LogP contribution in [0.5, 0.6) is 11.5 Å². The number of phenolic OH excluding ortho intramolecular Hbond substituents is 1. The van der Waals surface area contributed by atoms with E-state index in [0.717, 1.165) is 17.7 Å². The van der Waals surface area contributed by atoms with Crippen molar-refractivity contribution in [2.24, 2.45) is 5.41 Å². The fourth-order valence-corrected chi connectivity index (χ4v) is 2.13. The maximum absolute atomic E-state index is 9.82. The summed E-state index contributed by atoms with van der Waals surface area (Å²) in [6, 6.07) is 5.73. The zero-order chi connectivity index (χ0) is 13.8. The molecule has 3 heteroatoms. The number of hydrogen-bond donors (Lipinski definition) is 2. The second-order valence-corrected chi connectivity index (χ2v) is 5.70. The first kappa shape index (κ1) is 14.8. The number of nitrogens with one attached hydrogen (secondary N) is 1. The van der Waals surface area contributed by atoms with Crippen molar-refractivity contribution in [1.82, 2.24) is 5.32 Å². The highest BCUT2D eigenvalue weighted by Gasteiger charge is 2.22. The van der Waals surface area contributed by atoms with E-state index in [1.165, 1.54) is 0 Å². The van der Waals surface area contributed by atoms with Gasteiger partial charge in [0.25, 0.3) is 0 Å². The molecule has 0 bridgehead atoms. The van der Waals surface area contributed by atoms with Gasteiger partial charge in [-0.15, -0.1) is 0 Å². The molecule has 0 saturated heterocycles. The number of rotatable bonds is 5. The SMILES string of the molecule is CC[C@@H](NCc1cc(OC)ccc1O)C(C)(C)C. The first-order chi connectivity index (χ1) is 8.38. The second-order valence-electron chi connectivity index (χ2n) is 5.70. The fraction of sp³-hybridized carbons (Fsp3) is 0.600. The Labute approximate surface area is 110 Å². The summed E-state index contributed by atoms with van der Waals surface area (Å²) < 4.78 is 5.17. The maximum Gasteiger partial charge on any atom is 0.120 e. The van der Waals surface area contributed by atoms with Crippen LogP contribution in [0.3, 0.4) is 0 Å². The molecular formula is C15H25NO2. The Hall–Kier alpha value is -1.22. The minimum Gasteiger partial charge on any atom is -0.508 e. The van der Waals surface area contributed by atoms with Gasteiger partial charge in [0, 0.05) is 18.2 Å². The van der Waals surface area contributed by atoms with Crippen molar-refractivity contribution < 1.29 is 9.84 Å². The Balaban J connectivity index is 2.73. The molecule has 0 spiro atoms. The molecule has 1 rings (SSSR count). The van der Waals surface area contributed by atoms with E-state index in [2.05, 4.69) is 33.0 Å². The first-order valence-electron chi connectivity index (χ1n) is 6.47. The minimum atomic E-state index is 0.212. The van der Waals surface area contributed by atoms with Crippen LogP contribution < -0.4 is 10.1 Å². The number of methoxy groups -OCH3 is 1. The molecule has 0 saturated carbocycles. The molecular weight excluding hydrogens is 226 g/mol. The summed E-state index contributed by atoms with van der Waals surface area (Å²) in [5, 5.41) is 13.3. The van der Waals surface area contributed by atoms with Crippen LogP contribution in [0, 0.1) is 5.41 Å². The average Bonchev–Trinajstić information content (AvgIpc) is 2.30. The first-order valence-corrected chi connectivity index (χ1v) is 6.47. The van der Waals surface area contributed by atoms with Crippen LogP contribution >= 0.6 is 0 Å². The predicted octanol–water partition coefficient (Wildman–Crippen LogP) is 3.32. The number of ether oxygens (including phenoxy) is 1. The third-order valence-electron chi connectivity index (χ3n) is 3.28. The lowest BCUT2D eigenvalue weighted by atomic mass is 9.85. The second kappa shape index (κ2) is 6.10. The standard InChI is InChI=1S/C15H25NO2/c1-6-14(15(2,3)4)16-10-11-9-12(18-5)7-8-13(11)17/h7-9,14,16-17H,6,10H2,1-5H3/t14-/m1/s1. The van der Waals surface area contributed by atoms with Crippen molar-refractivity contribution >= 4 is 0 Å². The molecule has 0 unspecified atom stereocenters. The van der Waals surface area contributed by atoms with E-state index in [-0.39, 0.29) is 5.41 Å². The maximum atomic E-state index is 9.82. The average molecular weight is 251 g/mol. The molecule has 1 aromatic rings. The Morgan fingerprint density at radius 1 is 1.33 bits per heavy atom. The van der Waals surface area contributed by atoms with Gasteiger partial charge in [-0.1, -0.05) is 27.7 Å². The van der Waals surface area contributed by atoms with Gasteiger partial charge < -0.3 is 15.2 Å². The van der Waals surface area contributed by atoms with E-state index in [1.54, 1.807) is 19.2 Å². The highest BCUT2D eigenvalue weighted by Crippen LogP contribution is 2.25. The lowest BCUT2D eigenvalue weighted by molar-refractivity contribution is 0.258. The summed E-state index contributed by atoms with van der Waals surface area (Å²) in [6.45, 7) is 9.49. The Morgan fingerprint density at radius 2 is 2.00 bits per heavy atom. The zero-order valence-corrected chi connectivity index (χ0v) is 12.1. The van der Waals surface area contributed by atoms with Crippen molar-refractivity contribution in [3.8, 4) is 11.5 Å². The molecule has 1 atom stereocenters. The third kappa shape index (κ3) is 3.91. The molecule has 2 N–H and O–H groups in total. The van der Waals surface area contributed by atoms with Gasteiger partial charge in [-0.3, -0.25) is 0 Å². The van der Waals surface area contributed by atoms with Gasteiger partial charge >= 0.3 is 0 Å². The van der Waals surface area contributed by atoms with Crippen molar-refractivity contribution in [3.63, 3.8) is 0 Å². The molecule has 0 aliphatic carbocycles. The number of phenols is 1. The van der Waals surface area contributed by atoms with E-state index in [9.17, 15) is 5.11 Å². The molecule has 18 heavy (non-hydrogen) atoms. The zero-order valence-electron chi connectivity index (χ0n) is 12.1. The van der Waals surface area contributed by atoms with Crippen molar-refractivity contribution in [3.05, 3.63) is 23.8 Å². The van der Waals surface area contributed by atoms with Gasteiger partial charge in [0.2, 0.25) is 0 Å². The van der Waals surface area contributed by atoms with Crippen LogP contribution in [0.4, 0.5) is 0 Å². The molecule has 0 amide bonds. The van der Waals surface area contributed by atoms with Crippen LogP contribution in [0.1, 0.15) is 39.7 Å². The number of aromatic hydroxyl groups is 1. The number of benzene rings is 1. The third-order valence-corrected chi connectivity index (χ3v) is 3.28. The van der Waals surface area contributed by atoms with E-state index in [1.807, 2.05) is 6.07 Å². The Bertz CT molecular complexity index is 383. The highest BCUT2D eigenvalue weighted by molar-refractivity contribution is 5.39. The lowest BCUT2D eigenvalue weighted by Gasteiger charge is -2.31. The molecule has 0 heterocycles. The summed E-state index contributed by atoms with van der Waals surface area (Å²) >= 11 is 0. The molecule has 3 nitrogen and oxygen atoms in total. The van der Waals surface area contributed by atoms with E-state index in [4.69, 9.17) is 4.74 Å². The molecule has 0 fully saturated rings. The lowest BCUT2D eigenvalue weighted by Crippen LogP contribution is -2.39. The van der Waals surface area contributed by atoms with Crippen molar-refractivity contribution in [2.45, 2.75) is 46.7 Å². The topological polar surface area (TPSA) is 41.5 Å². The molecule has 1 aromatic carbocycles. The largest absolute Gasteiger partial charge is 0.508 e. The van der Waals surface area contributed by atoms with Gasteiger partial charge in [0.1, 0.15) is 11.5 Å². The predicted molar refractivity (Wildman–Crippen MR) is 75.0 cm³/mol. The van der Waals surface area contributed by atoms with E-state index < -0.39 is 0 Å². The molecule has 0 aromatic heterocycles. The smallest absolute Gasteiger partial charge is 0.120 e. The summed E-state index contributed by atoms with van der Waals surface area (Å²) in [4.78, 5) is 0. The van der Waals surface area contributed by atoms with Crippen LogP contribution in [0.2, 0.25) is 0 Å². The fourth-order valence-electron chi connectivity index (χ4n) is 2.13. The van der Waals surface area contributed by atoms with Crippen molar-refractivity contribution in [1.29, 1.82) is 0 Å². The van der Waals surface area contributed by atoms with Gasteiger partial charge in [-0.2, -0.15) is 0 Å². The van der Waals surface area contributed by atoms with Crippen LogP contribution in [0.25, 0.3) is 0 Å². The monoisotopic (exact) mass is 251 g/mol. The van der Waals surface area contributed by atoms with Crippen LogP contribution in [-0.4, -0.2) is 18.3 Å². The normalized spacial score (nSPS) is 13.4. The summed E-state index contributed by atoms with van der Waals surface area (Å²) in [5.41, 5.74) is 1.08. The highest BCUT2D eigenvalue weighted by atomic mass is 16.5. The van der Waals surface area contributed by atoms with Gasteiger partial charge in [-0.25, -0.2) is 0 Å². The Morgan fingerprint density at radius 3 is 2.50 bits per heavy atom. The summed E-state index contributed by atoms with van der Waals surface area (Å²) in [6.07, 6.45) is 1.06. The summed E-state index contributed by atoms with van der Waals surface area (Å²) in [7, 11) is 1.63. The van der Waals surface area contributed by atoms with Gasteiger partial charge in [-0.05, 0) is 30.0 Å². The molecule has 102 valence electrons. The molecule has 0 aliphatic heterocycles. The molecule has 0 radical (unpaired) electrons. The quantitative estimate of drug-likeness (QED) is 0.843. The Kier molecular flexibility index (Phi) is 5.03.